The van der Waals surface area contributed by atoms with Gasteiger partial charge >= 0.3 is 0 Å². The number of hydrogen-bond acceptors (Lipinski definition) is 4. The van der Waals surface area contributed by atoms with Gasteiger partial charge in [0.2, 0.25) is 5.78 Å². The highest BCUT2D eigenvalue weighted by Crippen LogP contribution is 2.43. The van der Waals surface area contributed by atoms with Crippen LogP contribution in [0.3, 0.4) is 0 Å². The molecule has 0 aliphatic carbocycles. The van der Waals surface area contributed by atoms with E-state index in [1.54, 1.807) is 12.1 Å². The van der Waals surface area contributed by atoms with Crippen LogP contribution in [0, 0.1) is 6.92 Å². The number of Topliss-reactive ketones (excluding diaryl/α,β-unsaturated/α-hetero) is 1. The Balaban J connectivity index is 1.35. The molecule has 0 spiro atoms. The smallest absolute Gasteiger partial charge is 0.232 e. The molecule has 34 heavy (non-hydrogen) atoms. The summed E-state index contributed by atoms with van der Waals surface area (Å²) in [5.41, 5.74) is 4.46. The van der Waals surface area contributed by atoms with Gasteiger partial charge in [0.1, 0.15) is 18.2 Å². The van der Waals surface area contributed by atoms with Crippen molar-refractivity contribution in [1.29, 1.82) is 0 Å². The van der Waals surface area contributed by atoms with Crippen LogP contribution in [-0.2, 0) is 13.0 Å². The Kier molecular flexibility index (Phi) is 6.46. The van der Waals surface area contributed by atoms with E-state index in [1.165, 1.54) is 0 Å². The van der Waals surface area contributed by atoms with Gasteiger partial charge in [0.05, 0.1) is 11.1 Å². The van der Waals surface area contributed by atoms with Crippen molar-refractivity contribution in [3.63, 3.8) is 0 Å². The van der Waals surface area contributed by atoms with Gasteiger partial charge in [0.25, 0.3) is 0 Å². The maximum Gasteiger partial charge on any atom is 0.232 e. The molecule has 0 saturated heterocycles. The van der Waals surface area contributed by atoms with Gasteiger partial charge in [-0.25, -0.2) is 0 Å². The van der Waals surface area contributed by atoms with E-state index in [2.05, 4.69) is 4.90 Å². The molecule has 0 N–H and O–H groups in total. The summed E-state index contributed by atoms with van der Waals surface area (Å²) in [5.74, 6) is 1.60. The molecule has 172 valence electrons. The zero-order chi connectivity index (χ0) is 23.7. The van der Waals surface area contributed by atoms with Crippen LogP contribution >= 0.6 is 23.2 Å². The number of aryl methyl sites for hydroxylation is 1. The first-order valence-corrected chi connectivity index (χ1v) is 11.9. The Morgan fingerprint density at radius 2 is 1.91 bits per heavy atom. The number of hydrogen-bond donors (Lipinski definition) is 0. The SMILES string of the molecule is Cc1cc2c(c3c1C(=O)/C(=C/C=C/c1ccccc1)O3)CN(CCc1ccc(Cl)cc1Cl)CO2. The largest absolute Gasteiger partial charge is 0.478 e. The number of nitrogens with zero attached hydrogens (tertiary/aromatic N) is 1. The molecule has 5 rings (SSSR count). The van der Waals surface area contributed by atoms with Crippen molar-refractivity contribution in [2.45, 2.75) is 19.9 Å². The highest BCUT2D eigenvalue weighted by atomic mass is 35.5. The summed E-state index contributed by atoms with van der Waals surface area (Å²) >= 11 is 12.3. The number of carbonyl (C=O) groups excluding carboxylic acids is 1. The number of benzene rings is 3. The predicted molar refractivity (Wildman–Crippen MR) is 136 cm³/mol. The molecule has 4 nitrogen and oxygen atoms in total. The van der Waals surface area contributed by atoms with Crippen LogP contribution in [0.5, 0.6) is 11.5 Å². The van der Waals surface area contributed by atoms with Crippen LogP contribution in [0.15, 0.2) is 72.5 Å². The minimum atomic E-state index is -0.0990. The quantitative estimate of drug-likeness (QED) is 0.365. The lowest BCUT2D eigenvalue weighted by Crippen LogP contribution is -2.34. The predicted octanol–water partition coefficient (Wildman–Crippen LogP) is 6.87. The number of carbonyl (C=O) groups is 1. The molecule has 0 saturated carbocycles. The van der Waals surface area contributed by atoms with Gasteiger partial charge in [-0.1, -0.05) is 71.8 Å². The summed E-state index contributed by atoms with van der Waals surface area (Å²) in [7, 11) is 0. The highest BCUT2D eigenvalue weighted by molar-refractivity contribution is 6.35. The first kappa shape index (κ1) is 22.7. The van der Waals surface area contributed by atoms with E-state index in [0.717, 1.165) is 41.0 Å². The maximum absolute atomic E-state index is 13.1. The third kappa shape index (κ3) is 4.62. The first-order valence-electron chi connectivity index (χ1n) is 11.1. The fraction of sp³-hybridized carbons (Fsp3) is 0.179. The number of fused-ring (bicyclic) bond motifs is 3. The van der Waals surface area contributed by atoms with Crippen LogP contribution in [0.25, 0.3) is 6.08 Å². The number of allylic oxidation sites excluding steroid dienone is 3. The molecular weight excluding hydrogens is 469 g/mol. The van der Waals surface area contributed by atoms with Crippen molar-refractivity contribution >= 4 is 35.1 Å². The standard InChI is InChI=1S/C28H23Cl2NO3/c1-18-14-25-22(16-31(17-33-25)13-12-20-10-11-21(29)15-23(20)30)28-26(18)27(32)24(34-28)9-5-8-19-6-3-2-4-7-19/h2-11,14-15H,12-13,16-17H2,1H3/b8-5+,24-9-. The van der Waals surface area contributed by atoms with Crippen molar-refractivity contribution < 1.29 is 14.3 Å². The summed E-state index contributed by atoms with van der Waals surface area (Å²) in [6.45, 7) is 3.76. The summed E-state index contributed by atoms with van der Waals surface area (Å²) in [6, 6.07) is 17.4. The summed E-state index contributed by atoms with van der Waals surface area (Å²) in [6.07, 6.45) is 6.28. The van der Waals surface area contributed by atoms with E-state index in [0.29, 0.717) is 40.4 Å². The second-order valence-electron chi connectivity index (χ2n) is 8.42. The molecule has 2 aliphatic rings. The van der Waals surface area contributed by atoms with E-state index < -0.39 is 0 Å². The van der Waals surface area contributed by atoms with Crippen molar-refractivity contribution in [1.82, 2.24) is 4.90 Å². The van der Waals surface area contributed by atoms with Gasteiger partial charge in [0.15, 0.2) is 5.76 Å². The van der Waals surface area contributed by atoms with Gasteiger partial charge in [-0.15, -0.1) is 0 Å². The summed E-state index contributed by atoms with van der Waals surface area (Å²) in [4.78, 5) is 15.3. The Morgan fingerprint density at radius 3 is 2.71 bits per heavy atom. The average molecular weight is 492 g/mol. The van der Waals surface area contributed by atoms with E-state index >= 15 is 0 Å². The van der Waals surface area contributed by atoms with E-state index in [9.17, 15) is 4.79 Å². The molecule has 3 aromatic carbocycles. The number of ether oxygens (including phenoxy) is 2. The van der Waals surface area contributed by atoms with Gasteiger partial charge in [-0.05, 0) is 54.3 Å². The molecule has 6 heteroatoms. The molecule has 0 radical (unpaired) electrons. The normalized spacial score (nSPS) is 16.4. The van der Waals surface area contributed by atoms with E-state index in [-0.39, 0.29) is 5.78 Å². The highest BCUT2D eigenvalue weighted by Gasteiger charge is 2.35. The fourth-order valence-corrected chi connectivity index (χ4v) is 4.75. The van der Waals surface area contributed by atoms with Crippen LogP contribution in [-0.4, -0.2) is 24.0 Å². The topological polar surface area (TPSA) is 38.8 Å². The van der Waals surface area contributed by atoms with Crippen molar-refractivity contribution in [2.24, 2.45) is 0 Å². The van der Waals surface area contributed by atoms with E-state index in [1.807, 2.05) is 67.6 Å². The molecule has 0 atom stereocenters. The fourth-order valence-electron chi connectivity index (χ4n) is 4.25. The number of rotatable bonds is 5. The van der Waals surface area contributed by atoms with E-state index in [4.69, 9.17) is 32.7 Å². The number of halogens is 2. The van der Waals surface area contributed by atoms with Crippen LogP contribution in [0.1, 0.15) is 32.6 Å². The van der Waals surface area contributed by atoms with Gasteiger partial charge in [0, 0.05) is 23.1 Å². The molecule has 0 aromatic heterocycles. The molecule has 2 heterocycles. The van der Waals surface area contributed by atoms with Crippen LogP contribution in [0.2, 0.25) is 10.0 Å². The average Bonchev–Trinajstić information content (AvgIpc) is 3.16. The lowest BCUT2D eigenvalue weighted by atomic mass is 9.98. The van der Waals surface area contributed by atoms with Crippen LogP contribution < -0.4 is 9.47 Å². The first-order chi connectivity index (χ1) is 16.5. The van der Waals surface area contributed by atoms with Gasteiger partial charge in [-0.2, -0.15) is 0 Å². The lowest BCUT2D eigenvalue weighted by Gasteiger charge is -2.30. The second-order valence-corrected chi connectivity index (χ2v) is 9.26. The molecular formula is C28H23Cl2NO3. The Hall–Kier alpha value is -3.05. The molecule has 2 aliphatic heterocycles. The molecule has 0 amide bonds. The summed E-state index contributed by atoms with van der Waals surface area (Å²) < 4.78 is 12.1. The zero-order valence-corrected chi connectivity index (χ0v) is 20.2. The lowest BCUT2D eigenvalue weighted by molar-refractivity contribution is 0.0949. The second kappa shape index (κ2) is 9.67. The van der Waals surface area contributed by atoms with Crippen molar-refractivity contribution in [3.05, 3.63) is 110 Å². The minimum absolute atomic E-state index is 0.0990. The van der Waals surface area contributed by atoms with Crippen molar-refractivity contribution in [2.75, 3.05) is 13.3 Å². The third-order valence-corrected chi connectivity index (χ3v) is 6.62. The maximum atomic E-state index is 13.1. The summed E-state index contributed by atoms with van der Waals surface area (Å²) in [5, 5.41) is 1.29. The van der Waals surface area contributed by atoms with Crippen LogP contribution in [0.4, 0.5) is 0 Å². The zero-order valence-electron chi connectivity index (χ0n) is 18.7. The Morgan fingerprint density at radius 1 is 1.09 bits per heavy atom. The Labute approximate surface area is 209 Å². The van der Waals surface area contributed by atoms with Gasteiger partial charge < -0.3 is 9.47 Å². The Bertz CT molecular complexity index is 1310. The van der Waals surface area contributed by atoms with Crippen molar-refractivity contribution in [3.8, 4) is 11.5 Å². The molecule has 0 fully saturated rings. The monoisotopic (exact) mass is 491 g/mol. The van der Waals surface area contributed by atoms with Gasteiger partial charge in [-0.3, -0.25) is 9.69 Å². The molecule has 0 unspecified atom stereocenters. The minimum Gasteiger partial charge on any atom is -0.478 e. The molecule has 0 bridgehead atoms. The number of ketones is 1. The molecule has 3 aromatic rings. The third-order valence-electron chi connectivity index (χ3n) is 6.04.